The molecule has 1 aromatic rings. The summed E-state index contributed by atoms with van der Waals surface area (Å²) in [7, 11) is -1.71. The lowest BCUT2D eigenvalue weighted by atomic mass is 9.85. The molecule has 2 aliphatic heterocycles. The summed E-state index contributed by atoms with van der Waals surface area (Å²) < 4.78 is 13.1. The van der Waals surface area contributed by atoms with Gasteiger partial charge in [0.1, 0.15) is 6.23 Å². The van der Waals surface area contributed by atoms with Crippen LogP contribution >= 0.6 is 0 Å². The van der Waals surface area contributed by atoms with E-state index in [-0.39, 0.29) is 24.0 Å². The third-order valence-electron chi connectivity index (χ3n) is 8.68. The highest BCUT2D eigenvalue weighted by molar-refractivity contribution is 6.74. The number of rotatable bonds is 7. The van der Waals surface area contributed by atoms with Crippen molar-refractivity contribution in [2.45, 2.75) is 115 Å². The summed E-state index contributed by atoms with van der Waals surface area (Å²) in [5, 5.41) is 10.2. The third kappa shape index (κ3) is 4.48. The highest BCUT2D eigenvalue weighted by atomic mass is 28.4. The van der Waals surface area contributed by atoms with Crippen LogP contribution in [0.1, 0.15) is 89.0 Å². The number of benzene rings is 1. The van der Waals surface area contributed by atoms with Gasteiger partial charge in [0.15, 0.2) is 8.32 Å². The fourth-order valence-corrected chi connectivity index (χ4v) is 7.00. The van der Waals surface area contributed by atoms with E-state index in [0.717, 1.165) is 38.7 Å². The van der Waals surface area contributed by atoms with E-state index in [4.69, 9.17) is 9.16 Å². The lowest BCUT2D eigenvalue weighted by Crippen LogP contribution is -2.48. The van der Waals surface area contributed by atoms with Crippen molar-refractivity contribution in [1.29, 1.82) is 0 Å². The van der Waals surface area contributed by atoms with Gasteiger partial charge in [0.25, 0.3) is 0 Å². The monoisotopic (exact) mass is 459 g/mol. The molecule has 0 spiro atoms. The molecule has 2 saturated heterocycles. The molecule has 1 N–H and O–H groups in total. The molecular weight excluding hydrogens is 414 g/mol. The number of nitrogens with zero attached hydrogens (tertiary/aromatic N) is 1. The van der Waals surface area contributed by atoms with E-state index in [2.05, 4.69) is 70.8 Å². The second-order valence-corrected chi connectivity index (χ2v) is 17.0. The molecule has 2 heterocycles. The Labute approximate surface area is 196 Å². The molecule has 32 heavy (non-hydrogen) atoms. The molecule has 1 aromatic carbocycles. The average Bonchev–Trinajstić information content (AvgIpc) is 3.24. The summed E-state index contributed by atoms with van der Waals surface area (Å²) in [5.41, 5.74) is 4.51. The van der Waals surface area contributed by atoms with Crippen LogP contribution < -0.4 is 0 Å². The zero-order valence-electron chi connectivity index (χ0n) is 21.4. The van der Waals surface area contributed by atoms with Gasteiger partial charge in [0.2, 0.25) is 0 Å². The van der Waals surface area contributed by atoms with Crippen molar-refractivity contribution in [2.24, 2.45) is 5.92 Å². The van der Waals surface area contributed by atoms with Gasteiger partial charge < -0.3 is 14.3 Å². The molecule has 2 fully saturated rings. The minimum Gasteiger partial charge on any atom is -0.417 e. The van der Waals surface area contributed by atoms with Crippen LogP contribution in [0.5, 0.6) is 0 Å². The fourth-order valence-electron chi connectivity index (χ4n) is 5.91. The number of aliphatic hydroxyl groups excluding tert-OH is 1. The smallest absolute Gasteiger partial charge is 0.191 e. The van der Waals surface area contributed by atoms with Gasteiger partial charge in [-0.1, -0.05) is 52.8 Å². The fraction of sp³-hybridized carbons (Fsp3) is 0.778. The maximum absolute atomic E-state index is 9.98. The van der Waals surface area contributed by atoms with Gasteiger partial charge in [-0.05, 0) is 72.3 Å². The highest BCUT2D eigenvalue weighted by Gasteiger charge is 2.53. The summed E-state index contributed by atoms with van der Waals surface area (Å²) in [6.45, 7) is 17.3. The molecule has 1 aliphatic carbocycles. The van der Waals surface area contributed by atoms with Crippen LogP contribution in [0.25, 0.3) is 0 Å². The quantitative estimate of drug-likeness (QED) is 0.401. The Balaban J connectivity index is 1.51. The maximum Gasteiger partial charge on any atom is 0.191 e. The molecule has 5 heteroatoms. The first-order valence-corrected chi connectivity index (χ1v) is 15.7. The molecule has 4 nitrogen and oxygen atoms in total. The number of hydrogen-bond acceptors (Lipinski definition) is 4. The van der Waals surface area contributed by atoms with E-state index in [1.807, 2.05) is 0 Å². The van der Waals surface area contributed by atoms with Crippen LogP contribution in [0, 0.1) is 5.92 Å². The van der Waals surface area contributed by atoms with E-state index in [1.54, 1.807) is 5.56 Å². The zero-order chi connectivity index (χ0) is 23.3. The summed E-state index contributed by atoms with van der Waals surface area (Å²) >= 11 is 0. The third-order valence-corrected chi connectivity index (χ3v) is 13.2. The van der Waals surface area contributed by atoms with Crippen molar-refractivity contribution in [3.8, 4) is 0 Å². The molecular formula is C27H45NO3Si. The van der Waals surface area contributed by atoms with Gasteiger partial charge in [-0.25, -0.2) is 0 Å². The summed E-state index contributed by atoms with van der Waals surface area (Å²) in [6.07, 6.45) is 5.66. The van der Waals surface area contributed by atoms with Crippen LogP contribution in [0.4, 0.5) is 0 Å². The molecule has 0 unspecified atom stereocenters. The van der Waals surface area contributed by atoms with Crippen LogP contribution in [-0.4, -0.2) is 49.9 Å². The van der Waals surface area contributed by atoms with Gasteiger partial charge in [-0.3, -0.25) is 4.90 Å². The van der Waals surface area contributed by atoms with Crippen molar-refractivity contribution in [3.05, 3.63) is 34.9 Å². The number of ether oxygens (including phenoxy) is 1. The average molecular weight is 460 g/mol. The second kappa shape index (κ2) is 9.14. The first-order valence-electron chi connectivity index (χ1n) is 12.8. The summed E-state index contributed by atoms with van der Waals surface area (Å²) in [5.74, 6) is 0.871. The Morgan fingerprint density at radius 2 is 1.97 bits per heavy atom. The minimum atomic E-state index is -1.71. The molecule has 5 atom stereocenters. The van der Waals surface area contributed by atoms with E-state index in [1.165, 1.54) is 11.1 Å². The highest BCUT2D eigenvalue weighted by Crippen LogP contribution is 2.51. The van der Waals surface area contributed by atoms with Gasteiger partial charge in [0.05, 0.1) is 12.1 Å². The van der Waals surface area contributed by atoms with E-state index >= 15 is 0 Å². The van der Waals surface area contributed by atoms with Crippen LogP contribution in [0.2, 0.25) is 18.1 Å². The van der Waals surface area contributed by atoms with Gasteiger partial charge in [-0.2, -0.15) is 0 Å². The zero-order valence-corrected chi connectivity index (χ0v) is 22.4. The topological polar surface area (TPSA) is 41.9 Å². The molecule has 0 saturated carbocycles. The van der Waals surface area contributed by atoms with Crippen molar-refractivity contribution in [3.63, 3.8) is 0 Å². The molecule has 0 radical (unpaired) electrons. The van der Waals surface area contributed by atoms with Gasteiger partial charge in [-0.15, -0.1) is 0 Å². The predicted octanol–water partition coefficient (Wildman–Crippen LogP) is 6.01. The van der Waals surface area contributed by atoms with E-state index in [0.29, 0.717) is 23.9 Å². The number of piperidine rings is 1. The van der Waals surface area contributed by atoms with Crippen molar-refractivity contribution < 1.29 is 14.3 Å². The minimum absolute atomic E-state index is 0.149. The molecule has 180 valence electrons. The van der Waals surface area contributed by atoms with E-state index in [9.17, 15) is 5.11 Å². The molecule has 0 amide bonds. The Morgan fingerprint density at radius 3 is 2.62 bits per heavy atom. The number of hydrogen-bond donors (Lipinski definition) is 1. The van der Waals surface area contributed by atoms with Crippen molar-refractivity contribution in [2.75, 3.05) is 13.2 Å². The van der Waals surface area contributed by atoms with Gasteiger partial charge in [0, 0.05) is 25.7 Å². The first-order chi connectivity index (χ1) is 15.0. The SMILES string of the molecule is CC(C)c1cccc2c1[C@H]1[C@@H](C2)O[C@@H]2C[C@@H](CO)C[C@@H](CCCO[Si](C)(C)C(C)(C)C)N21. The largest absolute Gasteiger partial charge is 0.417 e. The summed E-state index contributed by atoms with van der Waals surface area (Å²) in [6, 6.07) is 7.68. The lowest BCUT2D eigenvalue weighted by Gasteiger charge is -2.43. The molecule has 4 rings (SSSR count). The Bertz CT molecular complexity index is 803. The van der Waals surface area contributed by atoms with Gasteiger partial charge >= 0.3 is 0 Å². The predicted molar refractivity (Wildman–Crippen MR) is 133 cm³/mol. The number of fused-ring (bicyclic) bond motifs is 5. The normalized spacial score (nSPS) is 30.5. The summed E-state index contributed by atoms with van der Waals surface area (Å²) in [4.78, 5) is 2.71. The maximum atomic E-state index is 9.98. The Hall–Kier alpha value is -0.723. The van der Waals surface area contributed by atoms with Crippen LogP contribution in [-0.2, 0) is 15.6 Å². The van der Waals surface area contributed by atoms with Crippen molar-refractivity contribution >= 4 is 8.32 Å². The lowest BCUT2D eigenvalue weighted by molar-refractivity contribution is -0.0702. The molecule has 3 aliphatic rings. The van der Waals surface area contributed by atoms with E-state index < -0.39 is 8.32 Å². The van der Waals surface area contributed by atoms with Crippen LogP contribution in [0.3, 0.4) is 0 Å². The molecule has 0 bridgehead atoms. The first kappa shape index (κ1) is 24.4. The van der Waals surface area contributed by atoms with Crippen LogP contribution in [0.15, 0.2) is 18.2 Å². The second-order valence-electron chi connectivity index (χ2n) is 12.2. The Kier molecular flexibility index (Phi) is 6.97. The standard InChI is InChI=1S/C27H45NO3Si/c1-18(2)22-12-8-10-20-16-23-26(25(20)22)28-21(14-19(17-29)15-24(28)31-23)11-9-13-30-32(6,7)27(3,4)5/h8,10,12,18-19,21,23-24,26,29H,9,11,13-17H2,1-7H3/t19-,21+,23+,24+,26+/m0/s1. The number of aliphatic hydroxyl groups is 1. The van der Waals surface area contributed by atoms with Crippen molar-refractivity contribution in [1.82, 2.24) is 4.90 Å². The Morgan fingerprint density at radius 1 is 1.22 bits per heavy atom. The molecule has 0 aromatic heterocycles.